The first-order chi connectivity index (χ1) is 12.0. The molecule has 1 amide bonds. The van der Waals surface area contributed by atoms with Crippen LogP contribution >= 0.6 is 11.6 Å². The number of fused-ring (bicyclic) bond motifs is 1. The van der Waals surface area contributed by atoms with Crippen LogP contribution in [0.1, 0.15) is 29.7 Å². The van der Waals surface area contributed by atoms with E-state index in [1.54, 1.807) is 6.07 Å². The standard InChI is InChI=1S/C20H18ClNO3/c1-12(23)25-19-18(15-7-4-8-16(21)9-15)22(20(19)24)17-10-13-5-2-3-6-14(13)11-17/h2-9,17-19H,10-11H2,1H3/t18-,19+/m1/s1. The molecular formula is C20H18ClNO3. The highest BCUT2D eigenvalue weighted by atomic mass is 35.5. The summed E-state index contributed by atoms with van der Waals surface area (Å²) in [7, 11) is 0. The van der Waals surface area contributed by atoms with E-state index in [0.29, 0.717) is 5.02 Å². The van der Waals surface area contributed by atoms with Crippen LogP contribution in [0.15, 0.2) is 48.5 Å². The smallest absolute Gasteiger partial charge is 0.303 e. The van der Waals surface area contributed by atoms with Crippen molar-refractivity contribution in [2.24, 2.45) is 0 Å². The monoisotopic (exact) mass is 355 g/mol. The number of hydrogen-bond donors (Lipinski definition) is 0. The van der Waals surface area contributed by atoms with Gasteiger partial charge in [0.05, 0.1) is 0 Å². The average Bonchev–Trinajstić information content (AvgIpc) is 3.00. The van der Waals surface area contributed by atoms with Crippen molar-refractivity contribution in [2.75, 3.05) is 0 Å². The molecule has 0 unspecified atom stereocenters. The number of β-lactam (4-membered cyclic amide) rings is 1. The van der Waals surface area contributed by atoms with Crippen molar-refractivity contribution < 1.29 is 14.3 Å². The van der Waals surface area contributed by atoms with Gasteiger partial charge in [0.25, 0.3) is 5.91 Å². The Bertz CT molecular complexity index is 825. The molecule has 1 aliphatic carbocycles. The van der Waals surface area contributed by atoms with Crippen molar-refractivity contribution in [3.8, 4) is 0 Å². The number of nitrogens with zero attached hydrogens (tertiary/aromatic N) is 1. The third-order valence-electron chi connectivity index (χ3n) is 4.99. The largest absolute Gasteiger partial charge is 0.450 e. The fraction of sp³-hybridized carbons (Fsp3) is 0.300. The molecule has 5 heteroatoms. The summed E-state index contributed by atoms with van der Waals surface area (Å²) >= 11 is 6.13. The molecule has 25 heavy (non-hydrogen) atoms. The number of rotatable bonds is 3. The van der Waals surface area contributed by atoms with Gasteiger partial charge in [0.1, 0.15) is 6.04 Å². The predicted octanol–water partition coefficient (Wildman–Crippen LogP) is 3.32. The number of halogens is 1. The predicted molar refractivity (Wildman–Crippen MR) is 94.2 cm³/mol. The summed E-state index contributed by atoms with van der Waals surface area (Å²) in [4.78, 5) is 26.0. The Labute approximate surface area is 151 Å². The molecule has 0 N–H and O–H groups in total. The molecule has 2 aliphatic rings. The molecule has 0 radical (unpaired) electrons. The summed E-state index contributed by atoms with van der Waals surface area (Å²) in [5.74, 6) is -0.572. The molecule has 0 bridgehead atoms. The third-order valence-corrected chi connectivity index (χ3v) is 5.23. The molecule has 0 aromatic heterocycles. The number of esters is 1. The molecule has 4 nitrogen and oxygen atoms in total. The number of likely N-dealkylation sites (tertiary alicyclic amines) is 1. The SMILES string of the molecule is CC(=O)O[C@@H]1C(=O)N(C2Cc3ccccc3C2)[C@@H]1c1cccc(Cl)c1. The number of carbonyl (C=O) groups is 2. The highest BCUT2D eigenvalue weighted by molar-refractivity contribution is 6.30. The molecule has 4 rings (SSSR count). The number of carbonyl (C=O) groups excluding carboxylic acids is 2. The van der Waals surface area contributed by atoms with Gasteiger partial charge in [-0.2, -0.15) is 0 Å². The summed E-state index contributed by atoms with van der Waals surface area (Å²) in [6, 6.07) is 15.5. The zero-order valence-corrected chi connectivity index (χ0v) is 14.6. The lowest BCUT2D eigenvalue weighted by atomic mass is 9.88. The van der Waals surface area contributed by atoms with Crippen LogP contribution < -0.4 is 0 Å². The van der Waals surface area contributed by atoms with E-state index in [9.17, 15) is 9.59 Å². The summed E-state index contributed by atoms with van der Waals surface area (Å²) in [5.41, 5.74) is 3.46. The molecule has 2 atom stereocenters. The minimum atomic E-state index is -0.764. The van der Waals surface area contributed by atoms with E-state index in [4.69, 9.17) is 16.3 Å². The van der Waals surface area contributed by atoms with Crippen LogP contribution in [0.4, 0.5) is 0 Å². The second-order valence-electron chi connectivity index (χ2n) is 6.61. The van der Waals surface area contributed by atoms with Crippen LogP contribution in [-0.4, -0.2) is 28.9 Å². The maximum atomic E-state index is 12.7. The zero-order chi connectivity index (χ0) is 17.6. The first-order valence-corrected chi connectivity index (χ1v) is 8.74. The van der Waals surface area contributed by atoms with Gasteiger partial charge in [-0.05, 0) is 41.7 Å². The Kier molecular flexibility index (Phi) is 4.00. The highest BCUT2D eigenvalue weighted by Crippen LogP contribution is 2.42. The van der Waals surface area contributed by atoms with Crippen LogP contribution in [-0.2, 0) is 27.2 Å². The maximum Gasteiger partial charge on any atom is 0.303 e. The van der Waals surface area contributed by atoms with Gasteiger partial charge in [-0.1, -0.05) is 48.0 Å². The number of benzene rings is 2. The minimum Gasteiger partial charge on any atom is -0.450 e. The molecular weight excluding hydrogens is 338 g/mol. The lowest BCUT2D eigenvalue weighted by Crippen LogP contribution is -2.63. The summed E-state index contributed by atoms with van der Waals surface area (Å²) in [5, 5.41) is 0.605. The van der Waals surface area contributed by atoms with E-state index < -0.39 is 12.1 Å². The molecule has 1 saturated heterocycles. The lowest BCUT2D eigenvalue weighted by molar-refractivity contribution is -0.186. The molecule has 1 heterocycles. The van der Waals surface area contributed by atoms with Crippen LogP contribution in [0.25, 0.3) is 0 Å². The number of amides is 1. The maximum absolute atomic E-state index is 12.7. The topological polar surface area (TPSA) is 46.6 Å². The second-order valence-corrected chi connectivity index (χ2v) is 7.04. The fourth-order valence-electron chi connectivity index (χ4n) is 3.94. The molecule has 128 valence electrons. The quantitative estimate of drug-likeness (QED) is 0.626. The van der Waals surface area contributed by atoms with Crippen molar-refractivity contribution in [1.29, 1.82) is 0 Å². The minimum absolute atomic E-state index is 0.0840. The molecule has 1 aliphatic heterocycles. The third kappa shape index (κ3) is 2.81. The van der Waals surface area contributed by atoms with Crippen molar-refractivity contribution >= 4 is 23.5 Å². The number of hydrogen-bond acceptors (Lipinski definition) is 3. The summed E-state index contributed by atoms with van der Waals surface area (Å²) in [6.45, 7) is 1.33. The Morgan fingerprint density at radius 3 is 2.40 bits per heavy atom. The average molecular weight is 356 g/mol. The second kappa shape index (κ2) is 6.19. The fourth-order valence-corrected chi connectivity index (χ4v) is 4.14. The van der Waals surface area contributed by atoms with Gasteiger partial charge in [-0.15, -0.1) is 0 Å². The van der Waals surface area contributed by atoms with Crippen LogP contribution in [0.2, 0.25) is 5.02 Å². The summed E-state index contributed by atoms with van der Waals surface area (Å²) in [6.07, 6.45) is 0.886. The van der Waals surface area contributed by atoms with Gasteiger partial charge in [-0.3, -0.25) is 9.59 Å². The number of ether oxygens (including phenoxy) is 1. The highest BCUT2D eigenvalue weighted by Gasteiger charge is 2.54. The Morgan fingerprint density at radius 1 is 1.12 bits per heavy atom. The Hall–Kier alpha value is -2.33. The Morgan fingerprint density at radius 2 is 1.80 bits per heavy atom. The molecule has 1 fully saturated rings. The molecule has 2 aromatic rings. The van der Waals surface area contributed by atoms with Gasteiger partial charge < -0.3 is 9.64 Å². The van der Waals surface area contributed by atoms with Crippen molar-refractivity contribution in [1.82, 2.24) is 4.90 Å². The zero-order valence-electron chi connectivity index (χ0n) is 13.8. The molecule has 2 aromatic carbocycles. The van der Waals surface area contributed by atoms with E-state index in [0.717, 1.165) is 18.4 Å². The normalized spacial score (nSPS) is 22.5. The summed E-state index contributed by atoms with van der Waals surface area (Å²) < 4.78 is 5.30. The van der Waals surface area contributed by atoms with E-state index in [-0.39, 0.29) is 18.0 Å². The van der Waals surface area contributed by atoms with Crippen LogP contribution in [0, 0.1) is 0 Å². The van der Waals surface area contributed by atoms with Gasteiger partial charge in [0.15, 0.2) is 0 Å². The van der Waals surface area contributed by atoms with Crippen LogP contribution in [0.5, 0.6) is 0 Å². The molecule has 0 spiro atoms. The van der Waals surface area contributed by atoms with Crippen molar-refractivity contribution in [3.05, 3.63) is 70.2 Å². The van der Waals surface area contributed by atoms with Crippen LogP contribution in [0.3, 0.4) is 0 Å². The van der Waals surface area contributed by atoms with Gasteiger partial charge in [0, 0.05) is 18.0 Å². The lowest BCUT2D eigenvalue weighted by Gasteiger charge is -2.49. The van der Waals surface area contributed by atoms with E-state index in [2.05, 4.69) is 12.1 Å². The van der Waals surface area contributed by atoms with E-state index in [1.165, 1.54) is 18.1 Å². The first kappa shape index (κ1) is 16.2. The van der Waals surface area contributed by atoms with Gasteiger partial charge in [0.2, 0.25) is 6.10 Å². The van der Waals surface area contributed by atoms with E-state index >= 15 is 0 Å². The van der Waals surface area contributed by atoms with Gasteiger partial charge >= 0.3 is 5.97 Å². The van der Waals surface area contributed by atoms with Gasteiger partial charge in [-0.25, -0.2) is 0 Å². The van der Waals surface area contributed by atoms with Crippen molar-refractivity contribution in [2.45, 2.75) is 38.0 Å². The molecule has 0 saturated carbocycles. The van der Waals surface area contributed by atoms with Crippen molar-refractivity contribution in [3.63, 3.8) is 0 Å². The first-order valence-electron chi connectivity index (χ1n) is 8.36. The Balaban J connectivity index is 1.64. The van der Waals surface area contributed by atoms with E-state index in [1.807, 2.05) is 35.2 Å².